The molecule has 1 N–H and O–H groups in total. The highest BCUT2D eigenvalue weighted by atomic mass is 16.5. The lowest BCUT2D eigenvalue weighted by molar-refractivity contribution is 0.0696. The maximum Gasteiger partial charge on any atom is 0.379 e. The average molecular weight is 446 g/mol. The van der Waals surface area contributed by atoms with E-state index in [1.165, 1.54) is 0 Å². The van der Waals surface area contributed by atoms with Gasteiger partial charge in [0, 0.05) is 35.5 Å². The maximum absolute atomic E-state index is 13.1. The fraction of sp³-hybridized carbons (Fsp3) is 0.308. The number of amides is 1. The van der Waals surface area contributed by atoms with Crippen LogP contribution in [0.5, 0.6) is 5.75 Å². The SMILES string of the molecule is Cc1ccc(C(C)C)c(OC(=O)c2oc3c(c2C)/C(=N/NC(=O)c2ccncc2)CCC3)c1. The predicted molar refractivity (Wildman–Crippen MR) is 125 cm³/mol. The van der Waals surface area contributed by atoms with Crippen molar-refractivity contribution in [3.63, 3.8) is 0 Å². The molecule has 0 unspecified atom stereocenters. The predicted octanol–water partition coefficient (Wildman–Crippen LogP) is 5.10. The molecule has 1 aliphatic rings. The van der Waals surface area contributed by atoms with E-state index in [1.807, 2.05) is 32.0 Å². The average Bonchev–Trinajstić information content (AvgIpc) is 3.15. The van der Waals surface area contributed by atoms with Crippen molar-refractivity contribution in [3.05, 3.63) is 82.1 Å². The number of rotatable bonds is 5. The van der Waals surface area contributed by atoms with Gasteiger partial charge in [-0.25, -0.2) is 10.2 Å². The van der Waals surface area contributed by atoms with E-state index in [0.29, 0.717) is 41.2 Å². The molecule has 4 rings (SSSR count). The Balaban J connectivity index is 1.60. The van der Waals surface area contributed by atoms with Crippen LogP contribution in [0, 0.1) is 13.8 Å². The van der Waals surface area contributed by atoms with Gasteiger partial charge >= 0.3 is 5.97 Å². The third kappa shape index (κ3) is 4.72. The topological polar surface area (TPSA) is 93.8 Å². The molecule has 1 aliphatic carbocycles. The second-order valence-corrected chi connectivity index (χ2v) is 8.53. The molecule has 3 aromatic rings. The fourth-order valence-electron chi connectivity index (χ4n) is 4.01. The van der Waals surface area contributed by atoms with Crippen molar-refractivity contribution in [2.75, 3.05) is 0 Å². The molecule has 33 heavy (non-hydrogen) atoms. The summed E-state index contributed by atoms with van der Waals surface area (Å²) in [5.41, 5.74) is 7.19. The number of esters is 1. The standard InChI is InChI=1S/C26H27N3O4/c1-15(2)19-9-8-16(3)14-22(19)33-26(31)24-17(4)23-20(6-5-7-21(23)32-24)28-29-25(30)18-10-12-27-13-11-18/h8-15H,5-7H2,1-4H3,(H,29,30)/b28-20+. The lowest BCUT2D eigenvalue weighted by Crippen LogP contribution is -2.22. The zero-order valence-corrected chi connectivity index (χ0v) is 19.3. The van der Waals surface area contributed by atoms with Gasteiger partial charge in [0.05, 0.1) is 5.71 Å². The van der Waals surface area contributed by atoms with Crippen LogP contribution in [-0.4, -0.2) is 22.6 Å². The number of nitrogens with zero attached hydrogens (tertiary/aromatic N) is 2. The van der Waals surface area contributed by atoms with Crippen molar-refractivity contribution < 1.29 is 18.7 Å². The summed E-state index contributed by atoms with van der Waals surface area (Å²) in [5.74, 6) is 0.763. The van der Waals surface area contributed by atoms with E-state index in [4.69, 9.17) is 9.15 Å². The van der Waals surface area contributed by atoms with Gasteiger partial charge in [-0.05, 0) is 61.9 Å². The van der Waals surface area contributed by atoms with Crippen LogP contribution < -0.4 is 10.2 Å². The van der Waals surface area contributed by atoms with E-state index < -0.39 is 5.97 Å². The number of hydrazone groups is 1. The molecule has 0 aliphatic heterocycles. The Kier molecular flexibility index (Phi) is 6.40. The van der Waals surface area contributed by atoms with Crippen LogP contribution in [0.4, 0.5) is 0 Å². The monoisotopic (exact) mass is 445 g/mol. The summed E-state index contributed by atoms with van der Waals surface area (Å²) < 4.78 is 11.7. The zero-order valence-electron chi connectivity index (χ0n) is 19.3. The molecule has 0 spiro atoms. The highest BCUT2D eigenvalue weighted by Crippen LogP contribution is 2.32. The molecule has 7 heteroatoms. The third-order valence-corrected chi connectivity index (χ3v) is 5.74. The molecule has 2 heterocycles. The van der Waals surface area contributed by atoms with E-state index in [1.54, 1.807) is 24.5 Å². The van der Waals surface area contributed by atoms with Crippen molar-refractivity contribution >= 4 is 17.6 Å². The van der Waals surface area contributed by atoms with Crippen molar-refractivity contribution in [1.82, 2.24) is 10.4 Å². The molecule has 0 saturated heterocycles. The smallest absolute Gasteiger partial charge is 0.379 e. The van der Waals surface area contributed by atoms with Crippen molar-refractivity contribution in [2.45, 2.75) is 52.9 Å². The second kappa shape index (κ2) is 9.40. The first-order valence-electron chi connectivity index (χ1n) is 11.1. The first kappa shape index (κ1) is 22.5. The number of aryl methyl sites for hydroxylation is 2. The summed E-state index contributed by atoms with van der Waals surface area (Å²) >= 11 is 0. The molecular weight excluding hydrogens is 418 g/mol. The third-order valence-electron chi connectivity index (χ3n) is 5.74. The van der Waals surface area contributed by atoms with Crippen LogP contribution in [0.25, 0.3) is 0 Å². The minimum absolute atomic E-state index is 0.172. The number of nitrogens with one attached hydrogen (secondary N) is 1. The van der Waals surface area contributed by atoms with E-state index >= 15 is 0 Å². The first-order chi connectivity index (χ1) is 15.8. The summed E-state index contributed by atoms with van der Waals surface area (Å²) in [7, 11) is 0. The van der Waals surface area contributed by atoms with Gasteiger partial charge in [-0.1, -0.05) is 26.0 Å². The Bertz CT molecular complexity index is 1230. The molecule has 2 aromatic heterocycles. The minimum Gasteiger partial charge on any atom is -0.453 e. The Labute approximate surface area is 192 Å². The van der Waals surface area contributed by atoms with Gasteiger partial charge < -0.3 is 9.15 Å². The molecule has 1 aromatic carbocycles. The van der Waals surface area contributed by atoms with Crippen molar-refractivity contribution in [2.24, 2.45) is 5.10 Å². The molecule has 0 saturated carbocycles. The minimum atomic E-state index is -0.533. The number of benzene rings is 1. The summed E-state index contributed by atoms with van der Waals surface area (Å²) in [4.78, 5) is 29.4. The Hall–Kier alpha value is -3.74. The number of carbonyl (C=O) groups is 2. The van der Waals surface area contributed by atoms with Crippen LogP contribution in [0.3, 0.4) is 0 Å². The van der Waals surface area contributed by atoms with E-state index in [-0.39, 0.29) is 17.6 Å². The molecule has 0 fully saturated rings. The number of fused-ring (bicyclic) bond motifs is 1. The quantitative estimate of drug-likeness (QED) is 0.335. The second-order valence-electron chi connectivity index (χ2n) is 8.53. The lowest BCUT2D eigenvalue weighted by Gasteiger charge is -2.13. The van der Waals surface area contributed by atoms with Gasteiger partial charge in [0.2, 0.25) is 5.76 Å². The normalized spacial score (nSPS) is 14.3. The van der Waals surface area contributed by atoms with Crippen LogP contribution in [-0.2, 0) is 6.42 Å². The van der Waals surface area contributed by atoms with Gasteiger partial charge in [0.25, 0.3) is 5.91 Å². The maximum atomic E-state index is 13.1. The molecular formula is C26H27N3O4. The number of furan rings is 1. The summed E-state index contributed by atoms with van der Waals surface area (Å²) in [6, 6.07) is 9.10. The summed E-state index contributed by atoms with van der Waals surface area (Å²) in [5, 5.41) is 4.35. The number of aromatic nitrogens is 1. The number of hydrogen-bond acceptors (Lipinski definition) is 6. The van der Waals surface area contributed by atoms with E-state index in [9.17, 15) is 9.59 Å². The fourth-order valence-corrected chi connectivity index (χ4v) is 4.01. The Morgan fingerprint density at radius 3 is 2.61 bits per heavy atom. The Morgan fingerprint density at radius 1 is 1.12 bits per heavy atom. The Morgan fingerprint density at radius 2 is 1.88 bits per heavy atom. The molecule has 1 amide bonds. The molecule has 0 radical (unpaired) electrons. The summed E-state index contributed by atoms with van der Waals surface area (Å²) in [6.07, 6.45) is 5.29. The number of hydrogen-bond donors (Lipinski definition) is 1. The van der Waals surface area contributed by atoms with Gasteiger partial charge in [0.1, 0.15) is 11.5 Å². The van der Waals surface area contributed by atoms with Crippen LogP contribution in [0.15, 0.2) is 52.2 Å². The van der Waals surface area contributed by atoms with Gasteiger partial charge in [0.15, 0.2) is 0 Å². The highest BCUT2D eigenvalue weighted by Gasteiger charge is 2.29. The molecule has 0 atom stereocenters. The largest absolute Gasteiger partial charge is 0.453 e. The van der Waals surface area contributed by atoms with E-state index in [0.717, 1.165) is 23.1 Å². The summed E-state index contributed by atoms with van der Waals surface area (Å²) in [6.45, 7) is 7.90. The molecule has 7 nitrogen and oxygen atoms in total. The zero-order chi connectivity index (χ0) is 23.5. The number of ether oxygens (including phenoxy) is 1. The van der Waals surface area contributed by atoms with Crippen LogP contribution in [0.2, 0.25) is 0 Å². The van der Waals surface area contributed by atoms with Gasteiger partial charge in [-0.15, -0.1) is 0 Å². The first-order valence-corrected chi connectivity index (χ1v) is 11.1. The van der Waals surface area contributed by atoms with Crippen LogP contribution >= 0.6 is 0 Å². The molecule has 0 bridgehead atoms. The van der Waals surface area contributed by atoms with Crippen molar-refractivity contribution in [1.29, 1.82) is 0 Å². The van der Waals surface area contributed by atoms with Gasteiger partial charge in [-0.2, -0.15) is 5.10 Å². The van der Waals surface area contributed by atoms with Crippen LogP contribution in [0.1, 0.15) is 81.5 Å². The van der Waals surface area contributed by atoms with E-state index in [2.05, 4.69) is 29.4 Å². The number of pyridine rings is 1. The van der Waals surface area contributed by atoms with Gasteiger partial charge in [-0.3, -0.25) is 9.78 Å². The highest BCUT2D eigenvalue weighted by molar-refractivity contribution is 6.06. The number of carbonyl (C=O) groups excluding carboxylic acids is 2. The van der Waals surface area contributed by atoms with Crippen molar-refractivity contribution in [3.8, 4) is 5.75 Å². The molecule has 170 valence electrons. The lowest BCUT2D eigenvalue weighted by atomic mass is 9.93.